The highest BCUT2D eigenvalue weighted by Crippen LogP contribution is 2.30. The minimum Gasteiger partial charge on any atom is -0.342 e. The van der Waals surface area contributed by atoms with Crippen molar-refractivity contribution >= 4 is 17.2 Å². The predicted molar refractivity (Wildman–Crippen MR) is 81.5 cm³/mol. The lowest BCUT2D eigenvalue weighted by Crippen LogP contribution is -2.28. The van der Waals surface area contributed by atoms with Crippen molar-refractivity contribution in [3.63, 3.8) is 0 Å². The van der Waals surface area contributed by atoms with Crippen LogP contribution in [0.4, 0.5) is 13.2 Å². The number of aromatic nitrogens is 2. The van der Waals surface area contributed by atoms with Crippen LogP contribution in [-0.2, 0) is 4.79 Å². The zero-order valence-corrected chi connectivity index (χ0v) is 13.6. The van der Waals surface area contributed by atoms with E-state index in [0.717, 1.165) is 4.88 Å². The summed E-state index contributed by atoms with van der Waals surface area (Å²) in [5.41, 5.74) is 0. The van der Waals surface area contributed by atoms with E-state index < -0.39 is 12.6 Å². The van der Waals surface area contributed by atoms with Crippen LogP contribution in [0.1, 0.15) is 37.5 Å². The summed E-state index contributed by atoms with van der Waals surface area (Å²) < 4.78 is 41.7. The fourth-order valence-corrected chi connectivity index (χ4v) is 3.34. The Hall–Kier alpha value is -1.90. The molecule has 0 spiro atoms. The van der Waals surface area contributed by atoms with Crippen molar-refractivity contribution in [3.05, 3.63) is 23.4 Å². The Labute approximate surface area is 140 Å². The maximum absolute atomic E-state index is 12.1. The van der Waals surface area contributed by atoms with E-state index in [1.165, 1.54) is 11.3 Å². The number of amides is 1. The maximum atomic E-state index is 12.1. The molecular formula is C15H16F3N3O2S. The number of hydrogen-bond acceptors (Lipinski definition) is 5. The lowest BCUT2D eigenvalue weighted by atomic mass is 10.1. The Morgan fingerprint density at radius 2 is 2.29 bits per heavy atom. The predicted octanol–water partition coefficient (Wildman–Crippen LogP) is 3.85. The summed E-state index contributed by atoms with van der Waals surface area (Å²) >= 11 is 1.51. The molecule has 0 bridgehead atoms. The molecule has 0 N–H and O–H groups in total. The van der Waals surface area contributed by atoms with E-state index in [9.17, 15) is 18.0 Å². The normalized spacial score (nSPS) is 18.3. The third-order valence-electron chi connectivity index (χ3n) is 3.92. The third-order valence-corrected chi connectivity index (χ3v) is 4.79. The summed E-state index contributed by atoms with van der Waals surface area (Å²) in [4.78, 5) is 18.8. The molecule has 5 nitrogen and oxygen atoms in total. The molecule has 2 aromatic rings. The van der Waals surface area contributed by atoms with Gasteiger partial charge in [-0.25, -0.2) is 0 Å². The highest BCUT2D eigenvalue weighted by atomic mass is 32.1. The smallest absolute Gasteiger partial charge is 0.342 e. The van der Waals surface area contributed by atoms with Gasteiger partial charge in [0.25, 0.3) is 0 Å². The molecule has 1 aliphatic heterocycles. The van der Waals surface area contributed by atoms with E-state index in [4.69, 9.17) is 4.52 Å². The molecule has 1 aliphatic rings. The van der Waals surface area contributed by atoms with Crippen molar-refractivity contribution in [2.45, 2.75) is 37.8 Å². The standard InChI is InChI=1S/C15H16F3N3O2S/c16-15(17,18)6-1-4-12(22)21-7-5-10(9-21)14-19-13(20-23-14)11-3-2-8-24-11/h2-3,8,10H,1,4-7,9H2. The minimum atomic E-state index is -4.21. The van der Waals surface area contributed by atoms with Crippen molar-refractivity contribution in [3.8, 4) is 10.7 Å². The topological polar surface area (TPSA) is 59.2 Å². The second-order valence-corrected chi connectivity index (χ2v) is 6.68. The van der Waals surface area contributed by atoms with Gasteiger partial charge in [-0.3, -0.25) is 4.79 Å². The summed E-state index contributed by atoms with van der Waals surface area (Å²) in [6.45, 7) is 0.920. The Morgan fingerprint density at radius 1 is 1.46 bits per heavy atom. The van der Waals surface area contributed by atoms with Gasteiger partial charge in [-0.15, -0.1) is 11.3 Å². The quantitative estimate of drug-likeness (QED) is 0.814. The van der Waals surface area contributed by atoms with Crippen LogP contribution >= 0.6 is 11.3 Å². The number of rotatable bonds is 5. The lowest BCUT2D eigenvalue weighted by Gasteiger charge is -2.16. The molecular weight excluding hydrogens is 343 g/mol. The second kappa shape index (κ2) is 6.92. The molecule has 0 saturated carbocycles. The van der Waals surface area contributed by atoms with Crippen LogP contribution < -0.4 is 0 Å². The van der Waals surface area contributed by atoms with Crippen LogP contribution in [0, 0.1) is 0 Å². The molecule has 0 aliphatic carbocycles. The van der Waals surface area contributed by atoms with Gasteiger partial charge in [-0.2, -0.15) is 18.2 Å². The average molecular weight is 359 g/mol. The summed E-state index contributed by atoms with van der Waals surface area (Å²) in [5, 5.41) is 5.86. The largest absolute Gasteiger partial charge is 0.389 e. The molecule has 3 rings (SSSR count). The Kier molecular flexibility index (Phi) is 4.88. The fourth-order valence-electron chi connectivity index (χ4n) is 2.69. The van der Waals surface area contributed by atoms with E-state index in [1.807, 2.05) is 17.5 Å². The number of alkyl halides is 3. The molecule has 2 aromatic heterocycles. The van der Waals surface area contributed by atoms with E-state index >= 15 is 0 Å². The molecule has 1 atom stereocenters. The minimum absolute atomic E-state index is 0.0576. The van der Waals surface area contributed by atoms with Crippen molar-refractivity contribution in [2.24, 2.45) is 0 Å². The summed E-state index contributed by atoms with van der Waals surface area (Å²) in [6, 6.07) is 3.79. The Bertz CT molecular complexity index is 684. The molecule has 1 amide bonds. The molecule has 9 heteroatoms. The van der Waals surface area contributed by atoms with Crippen LogP contribution in [0.5, 0.6) is 0 Å². The summed E-state index contributed by atoms with van der Waals surface area (Å²) in [6.07, 6.45) is -4.72. The molecule has 1 fully saturated rings. The van der Waals surface area contributed by atoms with Crippen molar-refractivity contribution < 1.29 is 22.5 Å². The van der Waals surface area contributed by atoms with Gasteiger partial charge in [-0.05, 0) is 24.3 Å². The average Bonchev–Trinajstić information content (AvgIpc) is 3.25. The van der Waals surface area contributed by atoms with E-state index in [1.54, 1.807) is 4.90 Å². The van der Waals surface area contributed by atoms with Gasteiger partial charge < -0.3 is 9.42 Å². The van der Waals surface area contributed by atoms with E-state index in [2.05, 4.69) is 10.1 Å². The van der Waals surface area contributed by atoms with Crippen LogP contribution in [0.2, 0.25) is 0 Å². The number of likely N-dealkylation sites (tertiary alicyclic amines) is 1. The number of halogens is 3. The van der Waals surface area contributed by atoms with Crippen LogP contribution in [0.15, 0.2) is 22.0 Å². The van der Waals surface area contributed by atoms with Gasteiger partial charge in [-0.1, -0.05) is 11.2 Å². The van der Waals surface area contributed by atoms with Crippen molar-refractivity contribution in [1.29, 1.82) is 0 Å². The number of thiophene rings is 1. The third kappa shape index (κ3) is 4.14. The van der Waals surface area contributed by atoms with Gasteiger partial charge in [0.2, 0.25) is 17.6 Å². The Morgan fingerprint density at radius 3 is 3.00 bits per heavy atom. The number of carbonyl (C=O) groups excluding carboxylic acids is 1. The lowest BCUT2D eigenvalue weighted by molar-refractivity contribution is -0.139. The van der Waals surface area contributed by atoms with Gasteiger partial charge in [0.05, 0.1) is 10.8 Å². The highest BCUT2D eigenvalue weighted by Gasteiger charge is 2.32. The van der Waals surface area contributed by atoms with E-state index in [-0.39, 0.29) is 24.7 Å². The number of nitrogens with zero attached hydrogens (tertiary/aromatic N) is 3. The zero-order chi connectivity index (χ0) is 17.2. The first-order chi connectivity index (χ1) is 11.4. The SMILES string of the molecule is O=C(CCCC(F)(F)F)N1CCC(c2nc(-c3cccs3)no2)C1. The monoisotopic (exact) mass is 359 g/mol. The first-order valence-corrected chi connectivity index (χ1v) is 8.52. The van der Waals surface area contributed by atoms with Gasteiger partial charge >= 0.3 is 6.18 Å². The first kappa shape index (κ1) is 16.9. The molecule has 0 radical (unpaired) electrons. The molecule has 3 heterocycles. The molecule has 130 valence electrons. The summed E-state index contributed by atoms with van der Waals surface area (Å²) in [5.74, 6) is 0.691. The van der Waals surface area contributed by atoms with E-state index in [0.29, 0.717) is 31.2 Å². The van der Waals surface area contributed by atoms with Gasteiger partial charge in [0.15, 0.2) is 0 Å². The van der Waals surface area contributed by atoms with Gasteiger partial charge in [0.1, 0.15) is 0 Å². The first-order valence-electron chi connectivity index (χ1n) is 7.64. The zero-order valence-electron chi connectivity index (χ0n) is 12.8. The number of carbonyl (C=O) groups is 1. The number of hydrogen-bond donors (Lipinski definition) is 0. The molecule has 24 heavy (non-hydrogen) atoms. The highest BCUT2D eigenvalue weighted by molar-refractivity contribution is 7.13. The van der Waals surface area contributed by atoms with Crippen molar-refractivity contribution in [1.82, 2.24) is 15.0 Å². The fraction of sp³-hybridized carbons (Fsp3) is 0.533. The van der Waals surface area contributed by atoms with Crippen LogP contribution in [0.3, 0.4) is 0 Å². The molecule has 1 saturated heterocycles. The van der Waals surface area contributed by atoms with Crippen molar-refractivity contribution in [2.75, 3.05) is 13.1 Å². The molecule has 0 aromatic carbocycles. The Balaban J connectivity index is 1.53. The summed E-state index contributed by atoms with van der Waals surface area (Å²) in [7, 11) is 0. The maximum Gasteiger partial charge on any atom is 0.389 e. The second-order valence-electron chi connectivity index (χ2n) is 5.73. The van der Waals surface area contributed by atoms with Gasteiger partial charge in [0, 0.05) is 25.9 Å². The molecule has 1 unspecified atom stereocenters. The van der Waals surface area contributed by atoms with Crippen LogP contribution in [-0.4, -0.2) is 40.2 Å². The van der Waals surface area contributed by atoms with Crippen LogP contribution in [0.25, 0.3) is 10.7 Å².